The number of carbonyl (C=O) groups excluding carboxylic acids is 3. The number of benzene rings is 2. The Morgan fingerprint density at radius 2 is 1.93 bits per heavy atom. The van der Waals surface area contributed by atoms with E-state index < -0.39 is 11.9 Å². The van der Waals surface area contributed by atoms with E-state index in [4.69, 9.17) is 9.47 Å². The highest BCUT2D eigenvalue weighted by atomic mass is 16.5. The van der Waals surface area contributed by atoms with E-state index >= 15 is 0 Å². The lowest BCUT2D eigenvalue weighted by atomic mass is 10.0. The summed E-state index contributed by atoms with van der Waals surface area (Å²) < 4.78 is 11.3. The second-order valence-corrected chi connectivity index (χ2v) is 6.83. The van der Waals surface area contributed by atoms with Crippen LogP contribution in [-0.4, -0.2) is 35.8 Å². The molecule has 1 N–H and O–H groups in total. The molecule has 1 fully saturated rings. The van der Waals surface area contributed by atoms with Crippen LogP contribution in [0.2, 0.25) is 0 Å². The van der Waals surface area contributed by atoms with Crippen LogP contribution in [0.3, 0.4) is 0 Å². The highest BCUT2D eigenvalue weighted by Crippen LogP contribution is 2.37. The normalized spacial score (nSPS) is 18.7. The molecule has 1 unspecified atom stereocenters. The summed E-state index contributed by atoms with van der Waals surface area (Å²) in [7, 11) is 1.50. The van der Waals surface area contributed by atoms with Crippen molar-refractivity contribution in [2.75, 3.05) is 7.11 Å². The van der Waals surface area contributed by atoms with E-state index in [9.17, 15) is 14.4 Å². The molecule has 3 amide bonds. The summed E-state index contributed by atoms with van der Waals surface area (Å²) in [6.07, 6.45) is 0.545. The summed E-state index contributed by atoms with van der Waals surface area (Å²) in [6.45, 7) is 0.674. The lowest BCUT2D eigenvalue weighted by Gasteiger charge is -2.29. The molecule has 7 nitrogen and oxygen atoms in total. The van der Waals surface area contributed by atoms with E-state index in [2.05, 4.69) is 5.32 Å². The minimum atomic E-state index is -0.656. The van der Waals surface area contributed by atoms with Crippen LogP contribution in [0.1, 0.15) is 34.3 Å². The lowest BCUT2D eigenvalue weighted by molar-refractivity contribution is -0.136. The third-order valence-electron chi connectivity index (χ3n) is 5.03. The van der Waals surface area contributed by atoms with Crippen molar-refractivity contribution in [3.05, 3.63) is 59.2 Å². The number of piperidine rings is 1. The van der Waals surface area contributed by atoms with E-state index in [1.54, 1.807) is 6.07 Å². The Kier molecular flexibility index (Phi) is 4.73. The summed E-state index contributed by atoms with van der Waals surface area (Å²) in [5.74, 6) is 0.00482. The van der Waals surface area contributed by atoms with Crippen LogP contribution in [0.25, 0.3) is 0 Å². The number of rotatable bonds is 5. The van der Waals surface area contributed by atoms with Gasteiger partial charge in [-0.2, -0.15) is 0 Å². The first-order valence-corrected chi connectivity index (χ1v) is 9.09. The van der Waals surface area contributed by atoms with Gasteiger partial charge in [0.1, 0.15) is 24.1 Å². The van der Waals surface area contributed by atoms with Gasteiger partial charge in [-0.3, -0.25) is 19.7 Å². The Morgan fingerprint density at radius 1 is 1.14 bits per heavy atom. The van der Waals surface area contributed by atoms with Gasteiger partial charge in [-0.05, 0) is 23.6 Å². The molecular weight excluding hydrogens is 360 g/mol. The fourth-order valence-corrected chi connectivity index (χ4v) is 3.63. The molecule has 0 spiro atoms. The number of ether oxygens (including phenoxy) is 2. The minimum Gasteiger partial charge on any atom is -0.496 e. The van der Waals surface area contributed by atoms with Crippen LogP contribution in [0.15, 0.2) is 42.5 Å². The average Bonchev–Trinajstić information content (AvgIpc) is 3.03. The molecule has 2 aliphatic heterocycles. The minimum absolute atomic E-state index is 0.221. The second kappa shape index (κ2) is 7.34. The molecule has 144 valence electrons. The van der Waals surface area contributed by atoms with Crippen LogP contribution in [0.5, 0.6) is 11.5 Å². The third-order valence-corrected chi connectivity index (χ3v) is 5.03. The Bertz CT molecular complexity index is 941. The van der Waals surface area contributed by atoms with Crippen molar-refractivity contribution in [2.45, 2.75) is 32.0 Å². The van der Waals surface area contributed by atoms with Gasteiger partial charge in [-0.1, -0.05) is 30.3 Å². The quantitative estimate of drug-likeness (QED) is 0.803. The van der Waals surface area contributed by atoms with Gasteiger partial charge >= 0.3 is 0 Å². The molecule has 0 aliphatic carbocycles. The Hall–Kier alpha value is -3.35. The largest absolute Gasteiger partial charge is 0.496 e. The zero-order valence-electron chi connectivity index (χ0n) is 15.4. The van der Waals surface area contributed by atoms with E-state index in [0.717, 1.165) is 11.1 Å². The first-order chi connectivity index (χ1) is 13.6. The number of hydrogen-bond donors (Lipinski definition) is 1. The Balaban J connectivity index is 1.57. The molecule has 7 heteroatoms. The molecule has 2 heterocycles. The van der Waals surface area contributed by atoms with Crippen LogP contribution in [0.4, 0.5) is 0 Å². The number of nitrogens with zero attached hydrogens (tertiary/aromatic N) is 1. The zero-order chi connectivity index (χ0) is 19.7. The molecule has 28 heavy (non-hydrogen) atoms. The van der Waals surface area contributed by atoms with Crippen LogP contribution in [-0.2, 0) is 22.7 Å². The molecule has 1 saturated heterocycles. The highest BCUT2D eigenvalue weighted by Gasteiger charge is 2.40. The second-order valence-electron chi connectivity index (χ2n) is 6.83. The van der Waals surface area contributed by atoms with Gasteiger partial charge < -0.3 is 14.4 Å². The zero-order valence-corrected chi connectivity index (χ0v) is 15.4. The van der Waals surface area contributed by atoms with Crippen molar-refractivity contribution in [1.82, 2.24) is 10.2 Å². The number of nitrogens with one attached hydrogen (secondary N) is 1. The summed E-state index contributed by atoms with van der Waals surface area (Å²) in [6, 6.07) is 12.6. The van der Waals surface area contributed by atoms with Gasteiger partial charge in [0.15, 0.2) is 0 Å². The number of imide groups is 1. The van der Waals surface area contributed by atoms with Crippen molar-refractivity contribution in [3.8, 4) is 11.5 Å². The molecule has 0 radical (unpaired) electrons. The molecular formula is C21H20N2O5. The fraction of sp³-hybridized carbons (Fsp3) is 0.286. The monoisotopic (exact) mass is 380 g/mol. The third kappa shape index (κ3) is 3.31. The molecule has 2 aromatic carbocycles. The Morgan fingerprint density at radius 3 is 2.64 bits per heavy atom. The molecule has 2 aliphatic rings. The van der Waals surface area contributed by atoms with Crippen LogP contribution < -0.4 is 14.8 Å². The predicted octanol–water partition coefficient (Wildman–Crippen LogP) is 2.04. The van der Waals surface area contributed by atoms with Gasteiger partial charge in [-0.25, -0.2) is 0 Å². The molecule has 0 saturated carbocycles. The number of hydrogen-bond acceptors (Lipinski definition) is 5. The summed E-state index contributed by atoms with van der Waals surface area (Å²) in [5.41, 5.74) is 2.22. The number of methoxy groups -OCH3 is 1. The SMILES string of the molecule is COc1cc(OCc2ccccc2)cc2c1C(=O)N(C1CCC(=O)NC1=O)C2. The first-order valence-electron chi connectivity index (χ1n) is 9.09. The lowest BCUT2D eigenvalue weighted by Crippen LogP contribution is -2.52. The molecule has 4 rings (SSSR count). The topological polar surface area (TPSA) is 84.9 Å². The van der Waals surface area contributed by atoms with Crippen LogP contribution >= 0.6 is 0 Å². The van der Waals surface area contributed by atoms with E-state index in [-0.39, 0.29) is 24.8 Å². The van der Waals surface area contributed by atoms with Gasteiger partial charge in [0.05, 0.1) is 12.7 Å². The van der Waals surface area contributed by atoms with Crippen molar-refractivity contribution < 1.29 is 23.9 Å². The summed E-state index contributed by atoms with van der Waals surface area (Å²) >= 11 is 0. The maximum Gasteiger partial charge on any atom is 0.258 e. The predicted molar refractivity (Wildman–Crippen MR) is 99.8 cm³/mol. The van der Waals surface area contributed by atoms with E-state index in [0.29, 0.717) is 30.1 Å². The average molecular weight is 380 g/mol. The van der Waals surface area contributed by atoms with Crippen molar-refractivity contribution in [2.24, 2.45) is 0 Å². The van der Waals surface area contributed by atoms with E-state index in [1.807, 2.05) is 36.4 Å². The van der Waals surface area contributed by atoms with Gasteiger partial charge in [0.25, 0.3) is 5.91 Å². The number of fused-ring (bicyclic) bond motifs is 1. The van der Waals surface area contributed by atoms with Crippen LogP contribution in [0, 0.1) is 0 Å². The fourth-order valence-electron chi connectivity index (χ4n) is 3.63. The van der Waals surface area contributed by atoms with Crippen molar-refractivity contribution >= 4 is 17.7 Å². The maximum absolute atomic E-state index is 12.9. The van der Waals surface area contributed by atoms with Gasteiger partial charge in [0, 0.05) is 19.0 Å². The number of carbonyl (C=O) groups is 3. The van der Waals surface area contributed by atoms with Gasteiger partial charge in [-0.15, -0.1) is 0 Å². The van der Waals surface area contributed by atoms with Crippen molar-refractivity contribution in [3.63, 3.8) is 0 Å². The van der Waals surface area contributed by atoms with Gasteiger partial charge in [0.2, 0.25) is 11.8 Å². The molecule has 0 aromatic heterocycles. The highest BCUT2D eigenvalue weighted by molar-refractivity contribution is 6.06. The Labute approximate surface area is 162 Å². The summed E-state index contributed by atoms with van der Waals surface area (Å²) in [5, 5.41) is 2.30. The molecule has 2 aromatic rings. The maximum atomic E-state index is 12.9. The number of amides is 3. The standard InChI is InChI=1S/C21H20N2O5/c1-27-17-10-15(28-12-13-5-3-2-4-6-13)9-14-11-23(21(26)19(14)17)16-7-8-18(24)22-20(16)25/h2-6,9-10,16H,7-8,11-12H2,1H3,(H,22,24,25). The smallest absolute Gasteiger partial charge is 0.258 e. The molecule has 0 bridgehead atoms. The van der Waals surface area contributed by atoms with E-state index in [1.165, 1.54) is 12.0 Å². The first kappa shape index (κ1) is 18.0. The summed E-state index contributed by atoms with van der Waals surface area (Å²) in [4.78, 5) is 38.0. The molecule has 1 atom stereocenters. The van der Waals surface area contributed by atoms with Crippen molar-refractivity contribution in [1.29, 1.82) is 0 Å².